The van der Waals surface area contributed by atoms with Gasteiger partial charge >= 0.3 is 6.18 Å². The quantitative estimate of drug-likeness (QED) is 0.559. The van der Waals surface area contributed by atoms with Gasteiger partial charge in [-0.2, -0.15) is 13.2 Å². The summed E-state index contributed by atoms with van der Waals surface area (Å²) >= 11 is 12.3. The van der Waals surface area contributed by atoms with Crippen LogP contribution in [0.2, 0.25) is 10.4 Å². The van der Waals surface area contributed by atoms with Gasteiger partial charge in [-0.15, -0.1) is 0 Å². The molecule has 0 amide bonds. The van der Waals surface area contributed by atoms with E-state index in [4.69, 9.17) is 23.2 Å². The van der Waals surface area contributed by atoms with Crippen LogP contribution in [0.5, 0.6) is 0 Å². The van der Waals surface area contributed by atoms with Crippen LogP contribution in [-0.2, 0) is 12.7 Å². The Morgan fingerprint density at radius 2 is 1.54 bits per heavy atom. The Bertz CT molecular complexity index is 841. The predicted molar refractivity (Wildman–Crippen MR) is 88.2 cm³/mol. The van der Waals surface area contributed by atoms with E-state index < -0.39 is 11.7 Å². The van der Waals surface area contributed by atoms with Crippen molar-refractivity contribution in [3.63, 3.8) is 0 Å². The van der Waals surface area contributed by atoms with Crippen LogP contribution < -0.4 is 0 Å². The molecule has 0 radical (unpaired) electrons. The molecule has 3 aromatic rings. The second-order valence-electron chi connectivity index (χ2n) is 5.17. The lowest BCUT2D eigenvalue weighted by atomic mass is 10.1. The van der Waals surface area contributed by atoms with E-state index in [1.54, 1.807) is 4.57 Å². The number of nitrogens with zero attached hydrogens (tertiary/aromatic N) is 2. The molecule has 0 bridgehead atoms. The first-order valence-electron chi connectivity index (χ1n) is 6.99. The van der Waals surface area contributed by atoms with E-state index in [-0.39, 0.29) is 10.4 Å². The fourth-order valence-corrected chi connectivity index (χ4v) is 2.96. The molecule has 2 nitrogen and oxygen atoms in total. The van der Waals surface area contributed by atoms with E-state index in [0.717, 1.165) is 17.7 Å². The van der Waals surface area contributed by atoms with Crippen LogP contribution in [0, 0.1) is 0 Å². The van der Waals surface area contributed by atoms with E-state index in [2.05, 4.69) is 4.98 Å². The summed E-state index contributed by atoms with van der Waals surface area (Å²) < 4.78 is 39.8. The van der Waals surface area contributed by atoms with Gasteiger partial charge in [0.2, 0.25) is 5.28 Å². The Morgan fingerprint density at radius 3 is 2.12 bits per heavy atom. The molecule has 0 aliphatic heterocycles. The van der Waals surface area contributed by atoms with E-state index in [9.17, 15) is 13.2 Å². The van der Waals surface area contributed by atoms with Crippen LogP contribution in [0.25, 0.3) is 11.3 Å². The van der Waals surface area contributed by atoms with E-state index in [1.807, 2.05) is 30.3 Å². The van der Waals surface area contributed by atoms with Gasteiger partial charge in [0.15, 0.2) is 5.15 Å². The molecule has 0 unspecified atom stereocenters. The van der Waals surface area contributed by atoms with Crippen molar-refractivity contribution in [2.75, 3.05) is 0 Å². The summed E-state index contributed by atoms with van der Waals surface area (Å²) in [5, 5.41) is 0.328. The number of hydrogen-bond donors (Lipinski definition) is 0. The zero-order valence-electron chi connectivity index (χ0n) is 12.2. The number of imidazole rings is 1. The Labute approximate surface area is 146 Å². The average Bonchev–Trinajstić information content (AvgIpc) is 2.81. The van der Waals surface area contributed by atoms with Gasteiger partial charge in [0, 0.05) is 5.56 Å². The second-order valence-corrected chi connectivity index (χ2v) is 5.86. The Kier molecular flexibility index (Phi) is 4.56. The molecule has 0 saturated heterocycles. The molecular formula is C17H11Cl2F3N2. The van der Waals surface area contributed by atoms with Gasteiger partial charge in [-0.25, -0.2) is 4.98 Å². The van der Waals surface area contributed by atoms with Crippen molar-refractivity contribution in [3.8, 4) is 11.3 Å². The van der Waals surface area contributed by atoms with Crippen LogP contribution >= 0.6 is 23.2 Å². The van der Waals surface area contributed by atoms with Crippen molar-refractivity contribution in [1.82, 2.24) is 9.55 Å². The number of aromatic nitrogens is 2. The number of alkyl halides is 3. The molecular weight excluding hydrogens is 360 g/mol. The number of rotatable bonds is 3. The molecule has 124 valence electrons. The lowest BCUT2D eigenvalue weighted by Crippen LogP contribution is -2.05. The Balaban J connectivity index is 2.02. The van der Waals surface area contributed by atoms with Crippen LogP contribution in [0.15, 0.2) is 54.6 Å². The van der Waals surface area contributed by atoms with Gasteiger partial charge in [-0.1, -0.05) is 54.1 Å². The van der Waals surface area contributed by atoms with Gasteiger partial charge < -0.3 is 4.57 Å². The van der Waals surface area contributed by atoms with Crippen molar-refractivity contribution < 1.29 is 13.2 Å². The predicted octanol–water partition coefficient (Wildman–Crippen LogP) is 5.92. The van der Waals surface area contributed by atoms with E-state index in [1.165, 1.54) is 12.1 Å². The van der Waals surface area contributed by atoms with Crippen LogP contribution in [-0.4, -0.2) is 9.55 Å². The maximum absolute atomic E-state index is 12.7. The highest BCUT2D eigenvalue weighted by Crippen LogP contribution is 2.34. The fourth-order valence-electron chi connectivity index (χ4n) is 2.40. The summed E-state index contributed by atoms with van der Waals surface area (Å²) in [5.74, 6) is 0. The molecule has 0 spiro atoms. The molecule has 3 rings (SSSR count). The van der Waals surface area contributed by atoms with Crippen molar-refractivity contribution >= 4 is 23.2 Å². The van der Waals surface area contributed by atoms with Gasteiger partial charge in [0.25, 0.3) is 0 Å². The fraction of sp³-hybridized carbons (Fsp3) is 0.118. The molecule has 1 heterocycles. The smallest absolute Gasteiger partial charge is 0.309 e. The molecule has 1 aromatic heterocycles. The summed E-state index contributed by atoms with van der Waals surface area (Å²) in [6, 6.07) is 14.3. The van der Waals surface area contributed by atoms with E-state index >= 15 is 0 Å². The molecule has 0 aliphatic rings. The van der Waals surface area contributed by atoms with Crippen LogP contribution in [0.3, 0.4) is 0 Å². The first-order chi connectivity index (χ1) is 11.4. The number of benzene rings is 2. The highest BCUT2D eigenvalue weighted by Gasteiger charge is 2.30. The van der Waals surface area contributed by atoms with E-state index in [0.29, 0.717) is 17.8 Å². The average molecular weight is 371 g/mol. The first kappa shape index (κ1) is 16.9. The largest absolute Gasteiger partial charge is 0.416 e. The zero-order valence-corrected chi connectivity index (χ0v) is 13.7. The Hall–Kier alpha value is -1.98. The third kappa shape index (κ3) is 3.42. The lowest BCUT2D eigenvalue weighted by Gasteiger charge is -2.11. The summed E-state index contributed by atoms with van der Waals surface area (Å²) in [6.07, 6.45) is -4.38. The molecule has 0 atom stereocenters. The second kappa shape index (κ2) is 6.49. The van der Waals surface area contributed by atoms with Crippen LogP contribution in [0.4, 0.5) is 13.2 Å². The SMILES string of the molecule is FC(F)(F)c1ccc(-c2c(Cl)nc(Cl)n2Cc2ccccc2)cc1. The van der Waals surface area contributed by atoms with Crippen molar-refractivity contribution in [1.29, 1.82) is 0 Å². The lowest BCUT2D eigenvalue weighted by molar-refractivity contribution is -0.137. The van der Waals surface area contributed by atoms with Gasteiger partial charge in [-0.3, -0.25) is 0 Å². The third-order valence-corrected chi connectivity index (χ3v) is 4.10. The highest BCUT2D eigenvalue weighted by molar-refractivity contribution is 6.34. The normalized spacial score (nSPS) is 11.7. The van der Waals surface area contributed by atoms with Crippen molar-refractivity contribution in [3.05, 3.63) is 76.2 Å². The molecule has 0 aliphatic carbocycles. The molecule has 0 fully saturated rings. The minimum atomic E-state index is -4.38. The number of halogens is 5. The molecule has 2 aromatic carbocycles. The maximum Gasteiger partial charge on any atom is 0.416 e. The van der Waals surface area contributed by atoms with Gasteiger partial charge in [0.05, 0.1) is 17.8 Å². The maximum atomic E-state index is 12.7. The highest BCUT2D eigenvalue weighted by atomic mass is 35.5. The molecule has 0 saturated carbocycles. The standard InChI is InChI=1S/C17H11Cl2F3N2/c18-15-14(12-6-8-13(9-7-12)17(20,21)22)24(16(19)23-15)10-11-4-2-1-3-5-11/h1-9H,10H2. The Morgan fingerprint density at radius 1 is 0.917 bits per heavy atom. The molecule has 0 N–H and O–H groups in total. The topological polar surface area (TPSA) is 17.8 Å². The summed E-state index contributed by atoms with van der Waals surface area (Å²) in [7, 11) is 0. The minimum absolute atomic E-state index is 0.149. The monoisotopic (exact) mass is 370 g/mol. The van der Waals surface area contributed by atoms with Crippen LogP contribution in [0.1, 0.15) is 11.1 Å². The van der Waals surface area contributed by atoms with Crippen molar-refractivity contribution in [2.45, 2.75) is 12.7 Å². The van der Waals surface area contributed by atoms with Gasteiger partial charge in [-0.05, 0) is 29.3 Å². The summed E-state index contributed by atoms with van der Waals surface area (Å²) in [6.45, 7) is 0.412. The molecule has 24 heavy (non-hydrogen) atoms. The first-order valence-corrected chi connectivity index (χ1v) is 7.75. The third-order valence-electron chi connectivity index (χ3n) is 3.55. The van der Waals surface area contributed by atoms with Crippen molar-refractivity contribution in [2.24, 2.45) is 0 Å². The van der Waals surface area contributed by atoms with Gasteiger partial charge in [0.1, 0.15) is 0 Å². The molecule has 7 heteroatoms. The summed E-state index contributed by atoms with van der Waals surface area (Å²) in [5.41, 5.74) is 1.26. The zero-order chi connectivity index (χ0) is 17.3. The number of hydrogen-bond acceptors (Lipinski definition) is 1. The minimum Gasteiger partial charge on any atom is -0.309 e. The summed E-state index contributed by atoms with van der Waals surface area (Å²) in [4.78, 5) is 4.03.